The van der Waals surface area contributed by atoms with E-state index in [9.17, 15) is 14.4 Å². The zero-order valence-electron chi connectivity index (χ0n) is 20.8. The second-order valence-corrected chi connectivity index (χ2v) is 10.4. The molecule has 0 bridgehead atoms. The van der Waals surface area contributed by atoms with E-state index >= 15 is 0 Å². The number of halogens is 1. The van der Waals surface area contributed by atoms with Crippen LogP contribution in [0.25, 0.3) is 10.9 Å². The number of ether oxygens (including phenoxy) is 2. The monoisotopic (exact) mass is 511 g/mol. The number of esters is 1. The molecule has 1 aliphatic rings. The Hall–Kier alpha value is -3.52. The van der Waals surface area contributed by atoms with E-state index in [0.29, 0.717) is 29.4 Å². The minimum Gasteiger partial charge on any atom is -0.464 e. The highest BCUT2D eigenvalue weighted by Crippen LogP contribution is 2.42. The molecule has 8 nitrogen and oxygen atoms in total. The number of aromatic amines is 1. The van der Waals surface area contributed by atoms with Crippen molar-refractivity contribution in [2.24, 2.45) is 0 Å². The van der Waals surface area contributed by atoms with Gasteiger partial charge in [-0.2, -0.15) is 0 Å². The number of H-pyrrole nitrogens is 1. The summed E-state index contributed by atoms with van der Waals surface area (Å²) in [5.41, 5.74) is 3.98. The van der Waals surface area contributed by atoms with Crippen molar-refractivity contribution in [2.45, 2.75) is 58.1 Å². The molecule has 190 valence electrons. The predicted octanol–water partition coefficient (Wildman–Crippen LogP) is 5.69. The van der Waals surface area contributed by atoms with Crippen molar-refractivity contribution in [1.82, 2.24) is 10.3 Å². The van der Waals surface area contributed by atoms with Gasteiger partial charge in [0.25, 0.3) is 0 Å². The summed E-state index contributed by atoms with van der Waals surface area (Å²) in [5.74, 6) is -0.757. The van der Waals surface area contributed by atoms with Crippen LogP contribution < -0.4 is 10.6 Å². The van der Waals surface area contributed by atoms with E-state index in [2.05, 4.69) is 15.6 Å². The van der Waals surface area contributed by atoms with Gasteiger partial charge in [-0.25, -0.2) is 9.59 Å². The molecule has 2 amide bonds. The van der Waals surface area contributed by atoms with Crippen LogP contribution in [0.5, 0.6) is 0 Å². The van der Waals surface area contributed by atoms with Gasteiger partial charge in [-0.05, 0) is 80.5 Å². The lowest BCUT2D eigenvalue weighted by atomic mass is 9.81. The standard InChI is InChI=1S/C27H30ClN3O5/c1-27(2,3)36-26(34)29-14-15-5-9-19(10-6-15)30-21(32)12-17-8-7-16-11-18(28)13-20-22(16)23(17)24(31-20)25(33)35-4/h5-6,9-11,13,17,31H,7-8,12,14H2,1-4H3,(H,29,34)(H,30,32)/t17-/m0/s1. The second-order valence-electron chi connectivity index (χ2n) is 9.93. The highest BCUT2D eigenvalue weighted by molar-refractivity contribution is 6.31. The number of amides is 2. The number of rotatable bonds is 6. The summed E-state index contributed by atoms with van der Waals surface area (Å²) in [6.45, 7) is 5.73. The number of methoxy groups -OCH3 is 1. The Morgan fingerprint density at radius 2 is 1.86 bits per heavy atom. The van der Waals surface area contributed by atoms with Crippen LogP contribution in [0.4, 0.5) is 10.5 Å². The van der Waals surface area contributed by atoms with Gasteiger partial charge in [-0.15, -0.1) is 0 Å². The highest BCUT2D eigenvalue weighted by atomic mass is 35.5. The van der Waals surface area contributed by atoms with Gasteiger partial charge >= 0.3 is 12.1 Å². The van der Waals surface area contributed by atoms with Gasteiger partial charge < -0.3 is 25.1 Å². The average Bonchev–Trinajstić information content (AvgIpc) is 3.19. The molecule has 4 rings (SSSR count). The zero-order valence-corrected chi connectivity index (χ0v) is 21.5. The summed E-state index contributed by atoms with van der Waals surface area (Å²) in [5, 5.41) is 7.19. The van der Waals surface area contributed by atoms with Crippen molar-refractivity contribution < 1.29 is 23.9 Å². The Kier molecular flexibility index (Phi) is 7.26. The first-order valence-electron chi connectivity index (χ1n) is 11.8. The molecule has 1 heterocycles. The molecular formula is C27H30ClN3O5. The Balaban J connectivity index is 1.43. The SMILES string of the molecule is COC(=O)c1[nH]c2cc(Cl)cc3c2c1[C@H](CC(=O)Nc1ccc(CNC(=O)OC(C)(C)C)cc1)CC3. The number of nitrogens with one attached hydrogen (secondary N) is 3. The Bertz CT molecular complexity index is 1310. The molecule has 0 fully saturated rings. The number of anilines is 1. The molecule has 36 heavy (non-hydrogen) atoms. The van der Waals surface area contributed by atoms with Crippen LogP contribution in [0.1, 0.15) is 66.7 Å². The van der Waals surface area contributed by atoms with Crippen LogP contribution in [0.2, 0.25) is 5.02 Å². The molecule has 0 spiro atoms. The molecular weight excluding hydrogens is 482 g/mol. The lowest BCUT2D eigenvalue weighted by Gasteiger charge is -2.23. The first-order valence-corrected chi connectivity index (χ1v) is 12.2. The highest BCUT2D eigenvalue weighted by Gasteiger charge is 2.31. The van der Waals surface area contributed by atoms with E-state index in [1.165, 1.54) is 7.11 Å². The summed E-state index contributed by atoms with van der Waals surface area (Å²) in [7, 11) is 1.34. The maximum Gasteiger partial charge on any atom is 0.407 e. The summed E-state index contributed by atoms with van der Waals surface area (Å²) in [6.07, 6.45) is 1.22. The maximum atomic E-state index is 12.9. The van der Waals surface area contributed by atoms with Gasteiger partial charge in [-0.1, -0.05) is 23.7 Å². The summed E-state index contributed by atoms with van der Waals surface area (Å²) < 4.78 is 10.2. The van der Waals surface area contributed by atoms with Crippen LogP contribution in [0.15, 0.2) is 36.4 Å². The largest absolute Gasteiger partial charge is 0.464 e. The topological polar surface area (TPSA) is 110 Å². The Labute approximate surface area is 214 Å². The molecule has 3 aromatic rings. The van der Waals surface area contributed by atoms with Crippen molar-refractivity contribution in [3.05, 3.63) is 63.8 Å². The number of carbonyl (C=O) groups is 3. The van der Waals surface area contributed by atoms with Gasteiger partial charge in [0.2, 0.25) is 5.91 Å². The molecule has 0 radical (unpaired) electrons. The summed E-state index contributed by atoms with van der Waals surface area (Å²) in [4.78, 5) is 40.4. The maximum absolute atomic E-state index is 12.9. The molecule has 1 atom stereocenters. The molecule has 0 saturated carbocycles. The smallest absolute Gasteiger partial charge is 0.407 e. The van der Waals surface area contributed by atoms with E-state index in [4.69, 9.17) is 21.1 Å². The average molecular weight is 512 g/mol. The fraction of sp³-hybridized carbons (Fsp3) is 0.370. The van der Waals surface area contributed by atoms with Crippen LogP contribution in [0.3, 0.4) is 0 Å². The van der Waals surface area contributed by atoms with Crippen LogP contribution in [-0.4, -0.2) is 35.7 Å². The number of alkyl carbamates (subject to hydrolysis) is 1. The van der Waals surface area contributed by atoms with E-state index in [-0.39, 0.29) is 18.2 Å². The van der Waals surface area contributed by atoms with Crippen LogP contribution >= 0.6 is 11.6 Å². The predicted molar refractivity (Wildman–Crippen MR) is 138 cm³/mol. The molecule has 2 aromatic carbocycles. The van der Waals surface area contributed by atoms with E-state index in [1.807, 2.05) is 18.2 Å². The molecule has 0 aliphatic heterocycles. The summed E-state index contributed by atoms with van der Waals surface area (Å²) >= 11 is 6.26. The molecule has 3 N–H and O–H groups in total. The molecule has 9 heteroatoms. The van der Waals surface area contributed by atoms with Crippen molar-refractivity contribution in [2.75, 3.05) is 12.4 Å². The van der Waals surface area contributed by atoms with Gasteiger partial charge in [0.15, 0.2) is 0 Å². The third-order valence-corrected chi connectivity index (χ3v) is 6.27. The lowest BCUT2D eigenvalue weighted by molar-refractivity contribution is -0.116. The molecule has 1 aromatic heterocycles. The normalized spacial score (nSPS) is 14.9. The molecule has 0 unspecified atom stereocenters. The second kappa shape index (κ2) is 10.2. The van der Waals surface area contributed by atoms with Crippen molar-refractivity contribution in [3.63, 3.8) is 0 Å². The number of hydrogen-bond acceptors (Lipinski definition) is 5. The number of aryl methyl sites for hydroxylation is 1. The number of aromatic nitrogens is 1. The molecule has 1 aliphatic carbocycles. The number of hydrogen-bond donors (Lipinski definition) is 3. The number of carbonyl (C=O) groups excluding carboxylic acids is 3. The Morgan fingerprint density at radius 3 is 2.53 bits per heavy atom. The van der Waals surface area contributed by atoms with Crippen LogP contribution in [-0.2, 0) is 27.2 Å². The third-order valence-electron chi connectivity index (χ3n) is 6.05. The van der Waals surface area contributed by atoms with Gasteiger partial charge in [0, 0.05) is 34.6 Å². The van der Waals surface area contributed by atoms with Crippen molar-refractivity contribution in [1.29, 1.82) is 0 Å². The van der Waals surface area contributed by atoms with Gasteiger partial charge in [-0.3, -0.25) is 4.79 Å². The lowest BCUT2D eigenvalue weighted by Crippen LogP contribution is -2.32. The van der Waals surface area contributed by atoms with Crippen molar-refractivity contribution >= 4 is 46.2 Å². The van der Waals surface area contributed by atoms with Gasteiger partial charge in [0.1, 0.15) is 11.3 Å². The van der Waals surface area contributed by atoms with Crippen molar-refractivity contribution in [3.8, 4) is 0 Å². The minimum atomic E-state index is -0.560. The number of benzene rings is 2. The quantitative estimate of drug-likeness (QED) is 0.368. The fourth-order valence-corrected chi connectivity index (χ4v) is 4.82. The van der Waals surface area contributed by atoms with E-state index in [0.717, 1.165) is 34.0 Å². The Morgan fingerprint density at radius 1 is 1.14 bits per heavy atom. The fourth-order valence-electron chi connectivity index (χ4n) is 4.58. The van der Waals surface area contributed by atoms with E-state index < -0.39 is 17.7 Å². The minimum absolute atomic E-state index is 0.140. The first kappa shape index (κ1) is 25.6. The first-order chi connectivity index (χ1) is 17.0. The van der Waals surface area contributed by atoms with Crippen LogP contribution in [0, 0.1) is 0 Å². The molecule has 0 saturated heterocycles. The van der Waals surface area contributed by atoms with Gasteiger partial charge in [0.05, 0.1) is 7.11 Å². The third kappa shape index (κ3) is 5.82. The summed E-state index contributed by atoms with van der Waals surface area (Å²) in [6, 6.07) is 10.9. The zero-order chi connectivity index (χ0) is 26.0. The van der Waals surface area contributed by atoms with E-state index in [1.54, 1.807) is 39.0 Å².